The number of aliphatic hydroxyl groups excluding tert-OH is 1. The number of benzene rings is 1. The van der Waals surface area contributed by atoms with E-state index in [1.54, 1.807) is 12.1 Å². The first-order chi connectivity index (χ1) is 5.77. The first kappa shape index (κ1) is 9.00. The van der Waals surface area contributed by atoms with Gasteiger partial charge in [-0.3, -0.25) is 4.79 Å². The molecule has 0 saturated heterocycles. The zero-order valence-corrected chi connectivity index (χ0v) is 7.78. The van der Waals surface area contributed by atoms with E-state index < -0.39 is 0 Å². The number of halogens is 1. The van der Waals surface area contributed by atoms with Gasteiger partial charge in [0, 0.05) is 4.47 Å². The summed E-state index contributed by atoms with van der Waals surface area (Å²) in [6.07, 6.45) is 1.42. The van der Waals surface area contributed by atoms with Gasteiger partial charge < -0.3 is 5.11 Å². The molecule has 1 aromatic rings. The molecule has 0 radical (unpaired) electrons. The predicted molar refractivity (Wildman–Crippen MR) is 50.8 cm³/mol. The monoisotopic (exact) mass is 226 g/mol. The Kier molecular flexibility index (Phi) is 3.05. The summed E-state index contributed by atoms with van der Waals surface area (Å²) in [5.74, 6) is 0. The highest BCUT2D eigenvalue weighted by Crippen LogP contribution is 2.15. The zero-order valence-electron chi connectivity index (χ0n) is 6.20. The fourth-order valence-corrected chi connectivity index (χ4v) is 1.08. The maximum Gasteiger partial charge on any atom is 0.153 e. The molecule has 2 nitrogen and oxygen atoms in total. The lowest BCUT2D eigenvalue weighted by Gasteiger charge is -1.97. The van der Waals surface area contributed by atoms with Crippen molar-refractivity contribution in [3.05, 3.63) is 40.6 Å². The topological polar surface area (TPSA) is 37.3 Å². The van der Waals surface area contributed by atoms with Crippen LogP contribution in [0.5, 0.6) is 0 Å². The zero-order chi connectivity index (χ0) is 8.97. The van der Waals surface area contributed by atoms with E-state index in [1.165, 1.54) is 0 Å². The number of carbonyl (C=O) groups excluding carboxylic acids is 1. The predicted octanol–water partition coefficient (Wildman–Crippen LogP) is 2.55. The van der Waals surface area contributed by atoms with Crippen molar-refractivity contribution >= 4 is 27.8 Å². The smallest absolute Gasteiger partial charge is 0.153 e. The third-order valence-electron chi connectivity index (χ3n) is 1.44. The van der Waals surface area contributed by atoms with Crippen LogP contribution >= 0.6 is 15.9 Å². The molecule has 0 bridgehead atoms. The number of aldehydes is 1. The van der Waals surface area contributed by atoms with Gasteiger partial charge in [-0.25, -0.2) is 0 Å². The highest BCUT2D eigenvalue weighted by atomic mass is 79.9. The summed E-state index contributed by atoms with van der Waals surface area (Å²) in [6, 6.07) is 7.12. The van der Waals surface area contributed by atoms with Crippen LogP contribution in [0.15, 0.2) is 35.0 Å². The summed E-state index contributed by atoms with van der Waals surface area (Å²) in [4.78, 5) is 10.4. The van der Waals surface area contributed by atoms with Crippen molar-refractivity contribution in [2.45, 2.75) is 0 Å². The van der Waals surface area contributed by atoms with Gasteiger partial charge in [0.1, 0.15) is 0 Å². The second-order valence-corrected chi connectivity index (χ2v) is 3.12. The van der Waals surface area contributed by atoms with Crippen LogP contribution in [-0.4, -0.2) is 11.4 Å². The van der Waals surface area contributed by atoms with Crippen molar-refractivity contribution in [2.75, 3.05) is 0 Å². The number of rotatable bonds is 2. The molecule has 0 saturated carbocycles. The van der Waals surface area contributed by atoms with Crippen LogP contribution in [0.3, 0.4) is 0 Å². The van der Waals surface area contributed by atoms with E-state index in [4.69, 9.17) is 5.11 Å². The van der Waals surface area contributed by atoms with E-state index in [-0.39, 0.29) is 5.57 Å². The Labute approximate surface area is 78.7 Å². The number of allylic oxidation sites excluding steroid dienone is 1. The molecule has 3 heteroatoms. The summed E-state index contributed by atoms with van der Waals surface area (Å²) in [5.41, 5.74) is 0.984. The first-order valence-electron chi connectivity index (χ1n) is 3.33. The van der Waals surface area contributed by atoms with Crippen molar-refractivity contribution in [3.8, 4) is 0 Å². The molecule has 0 spiro atoms. The molecule has 1 aromatic carbocycles. The summed E-state index contributed by atoms with van der Waals surface area (Å²) in [7, 11) is 0. The molecule has 62 valence electrons. The van der Waals surface area contributed by atoms with E-state index in [0.717, 1.165) is 10.7 Å². The fourth-order valence-electron chi connectivity index (χ4n) is 0.815. The molecule has 12 heavy (non-hydrogen) atoms. The average Bonchev–Trinajstić information content (AvgIpc) is 2.10. The SMILES string of the molecule is O=C/C(=C/O)c1ccc(Br)cc1. The largest absolute Gasteiger partial charge is 0.515 e. The molecular formula is C9H7BrO2. The third kappa shape index (κ3) is 1.95. The van der Waals surface area contributed by atoms with Crippen LogP contribution in [0.1, 0.15) is 5.56 Å². The second kappa shape index (κ2) is 4.07. The lowest BCUT2D eigenvalue weighted by atomic mass is 10.1. The lowest BCUT2D eigenvalue weighted by Crippen LogP contribution is -1.84. The van der Waals surface area contributed by atoms with Gasteiger partial charge >= 0.3 is 0 Å². The Morgan fingerprint density at radius 1 is 1.33 bits per heavy atom. The molecule has 0 heterocycles. The molecule has 0 aromatic heterocycles. The van der Waals surface area contributed by atoms with Gasteiger partial charge in [-0.05, 0) is 17.7 Å². The lowest BCUT2D eigenvalue weighted by molar-refractivity contribution is -0.103. The molecule has 1 rings (SSSR count). The number of hydrogen-bond donors (Lipinski definition) is 1. The van der Waals surface area contributed by atoms with Crippen molar-refractivity contribution in [2.24, 2.45) is 0 Å². The Bertz CT molecular complexity index is 301. The van der Waals surface area contributed by atoms with E-state index >= 15 is 0 Å². The molecule has 0 unspecified atom stereocenters. The summed E-state index contributed by atoms with van der Waals surface area (Å²) >= 11 is 3.27. The van der Waals surface area contributed by atoms with E-state index in [1.807, 2.05) is 12.1 Å². The van der Waals surface area contributed by atoms with Crippen LogP contribution in [0.4, 0.5) is 0 Å². The van der Waals surface area contributed by atoms with Crippen LogP contribution < -0.4 is 0 Å². The number of hydrogen-bond acceptors (Lipinski definition) is 2. The van der Waals surface area contributed by atoms with Crippen LogP contribution in [0, 0.1) is 0 Å². The van der Waals surface area contributed by atoms with E-state index in [0.29, 0.717) is 11.8 Å². The quantitative estimate of drug-likeness (QED) is 0.478. The van der Waals surface area contributed by atoms with Crippen molar-refractivity contribution < 1.29 is 9.90 Å². The first-order valence-corrected chi connectivity index (χ1v) is 4.12. The molecule has 0 atom stereocenters. The minimum atomic E-state index is 0.280. The van der Waals surface area contributed by atoms with Gasteiger partial charge in [-0.15, -0.1) is 0 Å². The molecule has 1 N–H and O–H groups in total. The molecule has 0 aliphatic heterocycles. The van der Waals surface area contributed by atoms with Gasteiger partial charge in [0.15, 0.2) is 6.29 Å². The average molecular weight is 227 g/mol. The number of aliphatic hydroxyl groups is 1. The fraction of sp³-hybridized carbons (Fsp3) is 0. The van der Waals surface area contributed by atoms with Gasteiger partial charge in [0.05, 0.1) is 11.8 Å². The van der Waals surface area contributed by atoms with Gasteiger partial charge in [0.25, 0.3) is 0 Å². The Morgan fingerprint density at radius 2 is 1.92 bits per heavy atom. The maximum atomic E-state index is 10.4. The van der Waals surface area contributed by atoms with Gasteiger partial charge in [0.2, 0.25) is 0 Å². The molecule has 0 aliphatic rings. The summed E-state index contributed by atoms with van der Waals surface area (Å²) < 4.78 is 0.939. The molecule has 0 amide bonds. The minimum Gasteiger partial charge on any atom is -0.515 e. The third-order valence-corrected chi connectivity index (χ3v) is 1.97. The minimum absolute atomic E-state index is 0.280. The van der Waals surface area contributed by atoms with Crippen molar-refractivity contribution in [1.29, 1.82) is 0 Å². The molecule has 0 aliphatic carbocycles. The van der Waals surface area contributed by atoms with E-state index in [2.05, 4.69) is 15.9 Å². The highest BCUT2D eigenvalue weighted by Gasteiger charge is 1.98. The molecule has 0 fully saturated rings. The van der Waals surface area contributed by atoms with Crippen molar-refractivity contribution in [3.63, 3.8) is 0 Å². The molecular weight excluding hydrogens is 220 g/mol. The second-order valence-electron chi connectivity index (χ2n) is 2.21. The van der Waals surface area contributed by atoms with Crippen LogP contribution in [0.25, 0.3) is 5.57 Å². The van der Waals surface area contributed by atoms with Gasteiger partial charge in [-0.1, -0.05) is 28.1 Å². The van der Waals surface area contributed by atoms with E-state index in [9.17, 15) is 4.79 Å². The van der Waals surface area contributed by atoms with Gasteiger partial charge in [-0.2, -0.15) is 0 Å². The van der Waals surface area contributed by atoms with Crippen molar-refractivity contribution in [1.82, 2.24) is 0 Å². The summed E-state index contributed by atoms with van der Waals surface area (Å²) in [6.45, 7) is 0. The standard InChI is InChI=1S/C9H7BrO2/c10-9-3-1-7(2-4-9)8(5-11)6-12/h1-6,11H/b8-5-. The van der Waals surface area contributed by atoms with Crippen LogP contribution in [-0.2, 0) is 4.79 Å². The number of carbonyl (C=O) groups is 1. The van der Waals surface area contributed by atoms with Crippen LogP contribution in [0.2, 0.25) is 0 Å². The Hall–Kier alpha value is -1.09. The Morgan fingerprint density at radius 3 is 2.33 bits per heavy atom. The highest BCUT2D eigenvalue weighted by molar-refractivity contribution is 9.10. The summed E-state index contributed by atoms with van der Waals surface area (Å²) in [5, 5.41) is 8.64. The Balaban J connectivity index is 3.04. The normalized spacial score (nSPS) is 11.2. The maximum absolute atomic E-state index is 10.4.